The summed E-state index contributed by atoms with van der Waals surface area (Å²) in [7, 11) is 1.63. The highest BCUT2D eigenvalue weighted by molar-refractivity contribution is 7.99. The first kappa shape index (κ1) is 16.9. The molecule has 4 heteroatoms. The van der Waals surface area contributed by atoms with Gasteiger partial charge in [-0.15, -0.1) is 0 Å². The van der Waals surface area contributed by atoms with Crippen molar-refractivity contribution in [1.82, 2.24) is 0 Å². The number of para-hydroxylation sites is 1. The summed E-state index contributed by atoms with van der Waals surface area (Å²) in [4.78, 5) is 17.2. The molecule has 0 radical (unpaired) electrons. The summed E-state index contributed by atoms with van der Waals surface area (Å²) < 4.78 is 5.31. The third-order valence-electron chi connectivity index (χ3n) is 4.27. The molecular formula is C20H23NO2S. The van der Waals surface area contributed by atoms with E-state index in [4.69, 9.17) is 4.74 Å². The van der Waals surface area contributed by atoms with Crippen molar-refractivity contribution >= 4 is 23.4 Å². The lowest BCUT2D eigenvalue weighted by Gasteiger charge is -2.23. The number of methoxy groups -OCH3 is 1. The number of unbranched alkanes of at least 4 members (excludes halogenated alkanes) is 3. The average Bonchev–Trinajstić information content (AvgIpc) is 2.73. The van der Waals surface area contributed by atoms with E-state index in [0.29, 0.717) is 0 Å². The highest BCUT2D eigenvalue weighted by Crippen LogP contribution is 2.42. The van der Waals surface area contributed by atoms with Gasteiger partial charge in [-0.2, -0.15) is 0 Å². The van der Waals surface area contributed by atoms with Crippen LogP contribution in [0.2, 0.25) is 0 Å². The smallest absolute Gasteiger partial charge is 0.259 e. The van der Waals surface area contributed by atoms with Crippen LogP contribution in [0.15, 0.2) is 52.3 Å². The Morgan fingerprint density at radius 3 is 2.67 bits per heavy atom. The number of carbonyl (C=O) groups excluding carboxylic acids is 1. The molecule has 0 atom stereocenters. The van der Waals surface area contributed by atoms with E-state index in [0.717, 1.165) is 46.2 Å². The van der Waals surface area contributed by atoms with Gasteiger partial charge in [0.25, 0.3) is 5.91 Å². The maximum absolute atomic E-state index is 13.2. The third-order valence-corrected chi connectivity index (χ3v) is 5.41. The van der Waals surface area contributed by atoms with Crippen LogP contribution in [0, 0.1) is 0 Å². The first-order valence-corrected chi connectivity index (χ1v) is 9.33. The van der Waals surface area contributed by atoms with E-state index >= 15 is 0 Å². The van der Waals surface area contributed by atoms with Crippen molar-refractivity contribution in [2.45, 2.75) is 42.4 Å². The zero-order valence-corrected chi connectivity index (χ0v) is 15.1. The van der Waals surface area contributed by atoms with Crippen LogP contribution in [0.4, 0.5) is 5.69 Å². The highest BCUT2D eigenvalue weighted by Gasteiger charge is 2.27. The van der Waals surface area contributed by atoms with Gasteiger partial charge >= 0.3 is 0 Å². The summed E-state index contributed by atoms with van der Waals surface area (Å²) in [5, 5.41) is 0. The molecule has 0 aromatic heterocycles. The maximum atomic E-state index is 13.2. The lowest BCUT2D eigenvalue weighted by atomic mass is 10.1. The standard InChI is InChI=1S/C20H23NO2S/c1-3-4-5-8-13-21-17-9-6-7-10-19(17)24-18-12-11-15(23-2)14-16(18)20(21)22/h6-7,9-12,14H,3-5,8,13H2,1-2H3. The molecule has 0 aliphatic carbocycles. The first-order chi connectivity index (χ1) is 11.7. The number of fused-ring (bicyclic) bond motifs is 2. The molecule has 3 nitrogen and oxygen atoms in total. The number of anilines is 1. The van der Waals surface area contributed by atoms with Crippen LogP contribution in [-0.4, -0.2) is 19.6 Å². The number of amides is 1. The zero-order chi connectivity index (χ0) is 16.9. The lowest BCUT2D eigenvalue weighted by Crippen LogP contribution is -2.31. The fourth-order valence-electron chi connectivity index (χ4n) is 2.95. The third kappa shape index (κ3) is 3.44. The largest absolute Gasteiger partial charge is 0.497 e. The minimum absolute atomic E-state index is 0.0675. The van der Waals surface area contributed by atoms with Gasteiger partial charge in [0.1, 0.15) is 5.75 Å². The Labute approximate surface area is 148 Å². The van der Waals surface area contributed by atoms with Crippen LogP contribution in [0.1, 0.15) is 43.0 Å². The lowest BCUT2D eigenvalue weighted by molar-refractivity contribution is 0.0983. The topological polar surface area (TPSA) is 29.5 Å². The number of benzene rings is 2. The predicted octanol–water partition coefficient (Wildman–Crippen LogP) is 5.39. The SMILES string of the molecule is CCCCCCN1C(=O)c2cc(OC)ccc2Sc2ccccc21. The van der Waals surface area contributed by atoms with Crippen LogP contribution in [0.3, 0.4) is 0 Å². The molecule has 126 valence electrons. The summed E-state index contributed by atoms with van der Waals surface area (Å²) in [5.41, 5.74) is 1.74. The first-order valence-electron chi connectivity index (χ1n) is 8.51. The number of hydrogen-bond acceptors (Lipinski definition) is 3. The molecule has 1 heterocycles. The fraction of sp³-hybridized carbons (Fsp3) is 0.350. The van der Waals surface area contributed by atoms with Crippen molar-refractivity contribution in [3.63, 3.8) is 0 Å². The highest BCUT2D eigenvalue weighted by atomic mass is 32.2. The molecule has 0 fully saturated rings. The van der Waals surface area contributed by atoms with Crippen molar-refractivity contribution in [2.24, 2.45) is 0 Å². The van der Waals surface area contributed by atoms with Gasteiger partial charge in [-0.25, -0.2) is 0 Å². The van der Waals surface area contributed by atoms with E-state index in [1.165, 1.54) is 12.8 Å². The van der Waals surface area contributed by atoms with Crippen LogP contribution in [0.25, 0.3) is 0 Å². The molecule has 0 bridgehead atoms. The van der Waals surface area contributed by atoms with Crippen molar-refractivity contribution in [3.05, 3.63) is 48.0 Å². The second-order valence-corrected chi connectivity index (χ2v) is 7.03. The van der Waals surface area contributed by atoms with Crippen LogP contribution in [0.5, 0.6) is 5.75 Å². The fourth-order valence-corrected chi connectivity index (χ4v) is 4.01. The predicted molar refractivity (Wildman–Crippen MR) is 99.4 cm³/mol. The summed E-state index contributed by atoms with van der Waals surface area (Å²) in [6, 6.07) is 13.9. The molecular weight excluding hydrogens is 318 g/mol. The number of nitrogens with zero attached hydrogens (tertiary/aromatic N) is 1. The van der Waals surface area contributed by atoms with Gasteiger partial charge in [0.2, 0.25) is 0 Å². The Hall–Kier alpha value is -1.94. The van der Waals surface area contributed by atoms with E-state index in [9.17, 15) is 4.79 Å². The van der Waals surface area contributed by atoms with E-state index < -0.39 is 0 Å². The summed E-state index contributed by atoms with van der Waals surface area (Å²) >= 11 is 1.66. The van der Waals surface area contributed by atoms with Gasteiger partial charge in [0.15, 0.2) is 0 Å². The van der Waals surface area contributed by atoms with Crippen LogP contribution >= 0.6 is 11.8 Å². The molecule has 2 aromatic rings. The quantitative estimate of drug-likeness (QED) is 0.660. The van der Waals surface area contributed by atoms with Gasteiger partial charge in [0, 0.05) is 16.3 Å². The Bertz CT molecular complexity index is 729. The molecule has 0 saturated heterocycles. The molecule has 1 aliphatic rings. The molecule has 0 saturated carbocycles. The van der Waals surface area contributed by atoms with Crippen molar-refractivity contribution < 1.29 is 9.53 Å². The average molecular weight is 341 g/mol. The minimum Gasteiger partial charge on any atom is -0.497 e. The molecule has 24 heavy (non-hydrogen) atoms. The summed E-state index contributed by atoms with van der Waals surface area (Å²) in [6.07, 6.45) is 4.59. The molecule has 0 unspecified atom stereocenters. The van der Waals surface area contributed by atoms with E-state index in [1.54, 1.807) is 18.9 Å². The van der Waals surface area contributed by atoms with E-state index in [2.05, 4.69) is 13.0 Å². The second-order valence-electron chi connectivity index (χ2n) is 5.95. The van der Waals surface area contributed by atoms with Gasteiger partial charge in [-0.3, -0.25) is 4.79 Å². The Morgan fingerprint density at radius 1 is 1.04 bits per heavy atom. The van der Waals surface area contributed by atoms with Crippen molar-refractivity contribution in [3.8, 4) is 5.75 Å². The van der Waals surface area contributed by atoms with Gasteiger partial charge in [0.05, 0.1) is 18.4 Å². The molecule has 1 amide bonds. The van der Waals surface area contributed by atoms with Gasteiger partial charge < -0.3 is 9.64 Å². The van der Waals surface area contributed by atoms with Crippen LogP contribution < -0.4 is 9.64 Å². The maximum Gasteiger partial charge on any atom is 0.259 e. The monoisotopic (exact) mass is 341 g/mol. The van der Waals surface area contributed by atoms with Crippen molar-refractivity contribution in [2.75, 3.05) is 18.6 Å². The van der Waals surface area contributed by atoms with Crippen LogP contribution in [-0.2, 0) is 0 Å². The number of ether oxygens (including phenoxy) is 1. The summed E-state index contributed by atoms with van der Waals surface area (Å²) in [5.74, 6) is 0.789. The van der Waals surface area contributed by atoms with E-state index in [-0.39, 0.29) is 5.91 Å². The second kappa shape index (κ2) is 7.75. The van der Waals surface area contributed by atoms with Crippen molar-refractivity contribution in [1.29, 1.82) is 0 Å². The van der Waals surface area contributed by atoms with E-state index in [1.807, 2.05) is 41.3 Å². The minimum atomic E-state index is 0.0675. The molecule has 2 aromatic carbocycles. The molecule has 1 aliphatic heterocycles. The van der Waals surface area contributed by atoms with Gasteiger partial charge in [-0.1, -0.05) is 50.1 Å². The number of carbonyl (C=O) groups is 1. The molecule has 3 rings (SSSR count). The number of hydrogen-bond donors (Lipinski definition) is 0. The Balaban J connectivity index is 1.97. The zero-order valence-electron chi connectivity index (χ0n) is 14.2. The Morgan fingerprint density at radius 2 is 1.88 bits per heavy atom. The van der Waals surface area contributed by atoms with Gasteiger partial charge in [-0.05, 0) is 36.8 Å². The Kier molecular flexibility index (Phi) is 5.46. The normalized spacial score (nSPS) is 13.2. The summed E-state index contributed by atoms with van der Waals surface area (Å²) in [6.45, 7) is 2.96. The molecule has 0 spiro atoms. The number of rotatable bonds is 6. The molecule has 0 N–H and O–H groups in total.